The number of thiocarbonyl (C=S) groups is 1. The Bertz CT molecular complexity index is 312. The zero-order valence-corrected chi connectivity index (χ0v) is 8.26. The number of nitrogens with two attached hydrogens (primary N) is 1. The van der Waals surface area contributed by atoms with Crippen molar-refractivity contribution in [3.05, 3.63) is 18.2 Å². The van der Waals surface area contributed by atoms with Gasteiger partial charge in [-0.05, 0) is 12.8 Å². The lowest BCUT2D eigenvalue weighted by atomic mass is 10.2. The zero-order valence-electron chi connectivity index (χ0n) is 7.44. The van der Waals surface area contributed by atoms with Gasteiger partial charge in [0.05, 0.1) is 0 Å². The Balaban J connectivity index is 2.28. The van der Waals surface area contributed by atoms with Gasteiger partial charge in [0, 0.05) is 18.4 Å². The van der Waals surface area contributed by atoms with E-state index in [4.69, 9.17) is 18.0 Å². The van der Waals surface area contributed by atoms with Crippen LogP contribution >= 0.6 is 12.2 Å². The van der Waals surface area contributed by atoms with Crippen molar-refractivity contribution in [3.8, 4) is 0 Å². The average Bonchev–Trinajstić information content (AvgIpc) is 2.74. The fourth-order valence-electron chi connectivity index (χ4n) is 1.98. The molecule has 0 spiro atoms. The first kappa shape index (κ1) is 8.69. The highest BCUT2D eigenvalue weighted by atomic mass is 32.1. The molecule has 0 radical (unpaired) electrons. The van der Waals surface area contributed by atoms with Crippen LogP contribution in [-0.4, -0.2) is 14.5 Å². The van der Waals surface area contributed by atoms with E-state index in [1.165, 1.54) is 25.7 Å². The van der Waals surface area contributed by atoms with Crippen LogP contribution in [0.4, 0.5) is 0 Å². The molecule has 0 atom stereocenters. The predicted octanol–water partition coefficient (Wildman–Crippen LogP) is 1.63. The molecule has 2 N–H and O–H groups in total. The standard InChI is InChI=1S/C9H13N3S/c10-8(13)9-11-5-6-12(9)7-3-1-2-4-7/h5-7H,1-4H2,(H2,10,13). The molecule has 1 aromatic heterocycles. The molecule has 1 aliphatic rings. The molecular formula is C9H13N3S. The maximum atomic E-state index is 5.57. The molecular weight excluding hydrogens is 182 g/mol. The van der Waals surface area contributed by atoms with Crippen molar-refractivity contribution in [3.63, 3.8) is 0 Å². The second kappa shape index (κ2) is 3.46. The van der Waals surface area contributed by atoms with Gasteiger partial charge in [0.2, 0.25) is 0 Å². The second-order valence-corrected chi connectivity index (χ2v) is 3.90. The van der Waals surface area contributed by atoms with Gasteiger partial charge < -0.3 is 10.3 Å². The molecule has 1 aromatic rings. The maximum Gasteiger partial charge on any atom is 0.167 e. The van der Waals surface area contributed by atoms with Crippen LogP contribution in [0.2, 0.25) is 0 Å². The Morgan fingerprint density at radius 2 is 2.23 bits per heavy atom. The average molecular weight is 195 g/mol. The first-order chi connectivity index (χ1) is 6.29. The lowest BCUT2D eigenvalue weighted by molar-refractivity contribution is 0.515. The molecule has 3 nitrogen and oxygen atoms in total. The van der Waals surface area contributed by atoms with E-state index in [9.17, 15) is 0 Å². The van der Waals surface area contributed by atoms with Crippen LogP contribution in [0.1, 0.15) is 37.5 Å². The third-order valence-electron chi connectivity index (χ3n) is 2.61. The molecule has 0 unspecified atom stereocenters. The third kappa shape index (κ3) is 1.58. The van der Waals surface area contributed by atoms with Crippen molar-refractivity contribution in [1.82, 2.24) is 9.55 Å². The molecule has 1 saturated carbocycles. The summed E-state index contributed by atoms with van der Waals surface area (Å²) in [5.41, 5.74) is 5.57. The summed E-state index contributed by atoms with van der Waals surface area (Å²) in [5.74, 6) is 0.766. The quantitative estimate of drug-likeness (QED) is 0.729. The van der Waals surface area contributed by atoms with Crippen LogP contribution in [0.25, 0.3) is 0 Å². The third-order valence-corrected chi connectivity index (χ3v) is 2.79. The van der Waals surface area contributed by atoms with E-state index in [2.05, 4.69) is 9.55 Å². The summed E-state index contributed by atoms with van der Waals surface area (Å²) in [4.78, 5) is 4.56. The van der Waals surface area contributed by atoms with Crippen molar-refractivity contribution in [1.29, 1.82) is 0 Å². The molecule has 0 aromatic carbocycles. The van der Waals surface area contributed by atoms with E-state index in [0.717, 1.165) is 5.82 Å². The molecule has 13 heavy (non-hydrogen) atoms. The van der Waals surface area contributed by atoms with Gasteiger partial charge in [-0.2, -0.15) is 0 Å². The van der Waals surface area contributed by atoms with Gasteiger partial charge in [-0.1, -0.05) is 25.1 Å². The summed E-state index contributed by atoms with van der Waals surface area (Å²) in [6.45, 7) is 0. The highest BCUT2D eigenvalue weighted by molar-refractivity contribution is 7.80. The van der Waals surface area contributed by atoms with E-state index in [-0.39, 0.29) is 0 Å². The fourth-order valence-corrected chi connectivity index (χ4v) is 2.14. The topological polar surface area (TPSA) is 43.8 Å². The van der Waals surface area contributed by atoms with Crippen LogP contribution < -0.4 is 5.73 Å². The number of hydrogen-bond donors (Lipinski definition) is 1. The van der Waals surface area contributed by atoms with Crippen LogP contribution in [0, 0.1) is 0 Å². The van der Waals surface area contributed by atoms with Gasteiger partial charge in [0.15, 0.2) is 5.82 Å². The lowest BCUT2D eigenvalue weighted by Gasteiger charge is -2.13. The number of nitrogens with zero attached hydrogens (tertiary/aromatic N) is 2. The zero-order chi connectivity index (χ0) is 9.26. The molecule has 1 aliphatic carbocycles. The van der Waals surface area contributed by atoms with Crippen LogP contribution in [0.15, 0.2) is 12.4 Å². The highest BCUT2D eigenvalue weighted by Crippen LogP contribution is 2.29. The minimum Gasteiger partial charge on any atom is -0.387 e. The highest BCUT2D eigenvalue weighted by Gasteiger charge is 2.19. The smallest absolute Gasteiger partial charge is 0.167 e. The van der Waals surface area contributed by atoms with Gasteiger partial charge in [-0.25, -0.2) is 4.98 Å². The second-order valence-electron chi connectivity index (χ2n) is 3.46. The van der Waals surface area contributed by atoms with Crippen LogP contribution in [0.3, 0.4) is 0 Å². The summed E-state index contributed by atoms with van der Waals surface area (Å²) in [5, 5.41) is 0. The lowest BCUT2D eigenvalue weighted by Crippen LogP contribution is -2.18. The van der Waals surface area contributed by atoms with Gasteiger partial charge in [-0.3, -0.25) is 0 Å². The normalized spacial score (nSPS) is 17.8. The van der Waals surface area contributed by atoms with E-state index in [1.807, 2.05) is 6.20 Å². The fraction of sp³-hybridized carbons (Fsp3) is 0.556. The number of aromatic nitrogens is 2. The number of hydrogen-bond acceptors (Lipinski definition) is 2. The summed E-state index contributed by atoms with van der Waals surface area (Å²) < 4.78 is 2.12. The van der Waals surface area contributed by atoms with Gasteiger partial charge in [0.1, 0.15) is 4.99 Å². The van der Waals surface area contributed by atoms with Crippen LogP contribution in [-0.2, 0) is 0 Å². The first-order valence-corrected chi connectivity index (χ1v) is 5.02. The largest absolute Gasteiger partial charge is 0.387 e. The summed E-state index contributed by atoms with van der Waals surface area (Å²) in [6.07, 6.45) is 8.81. The Morgan fingerprint density at radius 1 is 1.54 bits per heavy atom. The minimum absolute atomic E-state index is 0.400. The predicted molar refractivity (Wildman–Crippen MR) is 55.6 cm³/mol. The van der Waals surface area contributed by atoms with Gasteiger partial charge >= 0.3 is 0 Å². The van der Waals surface area contributed by atoms with E-state index >= 15 is 0 Å². The summed E-state index contributed by atoms with van der Waals surface area (Å²) >= 11 is 4.93. The number of imidazole rings is 1. The van der Waals surface area contributed by atoms with Crippen LogP contribution in [0.5, 0.6) is 0 Å². The van der Waals surface area contributed by atoms with E-state index < -0.39 is 0 Å². The molecule has 1 heterocycles. The van der Waals surface area contributed by atoms with Crippen molar-refractivity contribution in [2.24, 2.45) is 5.73 Å². The Kier molecular flexibility index (Phi) is 2.31. The van der Waals surface area contributed by atoms with Crippen molar-refractivity contribution in [2.75, 3.05) is 0 Å². The van der Waals surface area contributed by atoms with E-state index in [0.29, 0.717) is 11.0 Å². The molecule has 0 aliphatic heterocycles. The molecule has 2 rings (SSSR count). The Hall–Kier alpha value is -0.900. The molecule has 4 heteroatoms. The van der Waals surface area contributed by atoms with Gasteiger partial charge in [0.25, 0.3) is 0 Å². The molecule has 70 valence electrons. The summed E-state index contributed by atoms with van der Waals surface area (Å²) in [6, 6.07) is 0.569. The van der Waals surface area contributed by atoms with Crippen molar-refractivity contribution >= 4 is 17.2 Å². The maximum absolute atomic E-state index is 5.57. The summed E-state index contributed by atoms with van der Waals surface area (Å²) in [7, 11) is 0. The Labute approximate surface area is 83.0 Å². The number of rotatable bonds is 2. The SMILES string of the molecule is NC(=S)c1nccn1C1CCCC1. The van der Waals surface area contributed by atoms with Gasteiger partial charge in [-0.15, -0.1) is 0 Å². The monoisotopic (exact) mass is 195 g/mol. The molecule has 0 saturated heterocycles. The first-order valence-electron chi connectivity index (χ1n) is 4.61. The van der Waals surface area contributed by atoms with Crippen molar-refractivity contribution in [2.45, 2.75) is 31.7 Å². The minimum atomic E-state index is 0.400. The molecule has 0 amide bonds. The molecule has 1 fully saturated rings. The van der Waals surface area contributed by atoms with Crippen molar-refractivity contribution < 1.29 is 0 Å². The molecule has 0 bridgehead atoms. The van der Waals surface area contributed by atoms with E-state index in [1.54, 1.807) is 6.20 Å². The Morgan fingerprint density at radius 3 is 2.85 bits per heavy atom.